The van der Waals surface area contributed by atoms with Crippen LogP contribution in [-0.4, -0.2) is 49.8 Å². The molecule has 32 heavy (non-hydrogen) atoms. The minimum absolute atomic E-state index is 0.205. The van der Waals surface area contributed by atoms with Crippen LogP contribution in [0.4, 0.5) is 0 Å². The third kappa shape index (κ3) is 4.04. The standard InChI is InChI=1S/C22H22Br2N4O4/c1-11-17(29)19(21-26-12(2)27-28(21)15-8-14(23)9-25-20(15)24)31-16-10-30-22(32-18(11)16)13-6-4-3-5-7-13/h3-9,11,16-19,22,29H,10H2,1-2H3/t11?,16?,17?,18-,19-,22?/m1/s1. The molecule has 10 heteroatoms. The van der Waals surface area contributed by atoms with Crippen LogP contribution < -0.4 is 0 Å². The summed E-state index contributed by atoms with van der Waals surface area (Å²) >= 11 is 6.94. The highest BCUT2D eigenvalue weighted by Gasteiger charge is 2.49. The van der Waals surface area contributed by atoms with Gasteiger partial charge in [-0.1, -0.05) is 37.3 Å². The number of halogens is 2. The molecule has 4 unspecified atom stereocenters. The normalized spacial score (nSPS) is 30.2. The Kier molecular flexibility index (Phi) is 6.17. The fourth-order valence-electron chi connectivity index (χ4n) is 4.22. The van der Waals surface area contributed by atoms with Crippen molar-refractivity contribution in [2.75, 3.05) is 6.61 Å². The predicted octanol–water partition coefficient (Wildman–Crippen LogP) is 4.05. The number of benzene rings is 1. The molecule has 0 spiro atoms. The summed E-state index contributed by atoms with van der Waals surface area (Å²) in [6.45, 7) is 4.13. The second-order valence-corrected chi connectivity index (χ2v) is 9.68. The van der Waals surface area contributed by atoms with Crippen molar-refractivity contribution in [1.29, 1.82) is 0 Å². The van der Waals surface area contributed by atoms with Crippen molar-refractivity contribution >= 4 is 31.9 Å². The molecule has 2 aromatic heterocycles. The summed E-state index contributed by atoms with van der Waals surface area (Å²) < 4.78 is 21.6. The van der Waals surface area contributed by atoms with Crippen molar-refractivity contribution in [1.82, 2.24) is 19.7 Å². The van der Waals surface area contributed by atoms with Crippen molar-refractivity contribution < 1.29 is 19.3 Å². The summed E-state index contributed by atoms with van der Waals surface area (Å²) in [4.78, 5) is 8.91. The highest BCUT2D eigenvalue weighted by Crippen LogP contribution is 2.42. The van der Waals surface area contributed by atoms with Gasteiger partial charge in [0.15, 0.2) is 12.1 Å². The number of pyridine rings is 1. The van der Waals surface area contributed by atoms with Crippen molar-refractivity contribution in [3.63, 3.8) is 0 Å². The Morgan fingerprint density at radius 2 is 1.94 bits per heavy atom. The van der Waals surface area contributed by atoms with E-state index in [1.807, 2.05) is 43.3 Å². The van der Waals surface area contributed by atoms with Crippen LogP contribution in [0.1, 0.15) is 36.5 Å². The van der Waals surface area contributed by atoms with Gasteiger partial charge in [0.1, 0.15) is 28.3 Å². The number of aliphatic hydroxyl groups is 1. The number of aryl methyl sites for hydroxylation is 1. The quantitative estimate of drug-likeness (QED) is 0.479. The molecule has 2 aliphatic rings. The largest absolute Gasteiger partial charge is 0.390 e. The first-order valence-corrected chi connectivity index (χ1v) is 11.9. The van der Waals surface area contributed by atoms with Gasteiger partial charge in [-0.2, -0.15) is 5.10 Å². The molecule has 0 amide bonds. The van der Waals surface area contributed by atoms with E-state index in [1.165, 1.54) is 0 Å². The lowest BCUT2D eigenvalue weighted by Gasteiger charge is -2.47. The molecule has 1 aromatic carbocycles. The smallest absolute Gasteiger partial charge is 0.184 e. The Bertz CT molecular complexity index is 1110. The number of hydrogen-bond donors (Lipinski definition) is 1. The summed E-state index contributed by atoms with van der Waals surface area (Å²) in [7, 11) is 0. The van der Waals surface area contributed by atoms with E-state index in [4.69, 9.17) is 14.2 Å². The second-order valence-electron chi connectivity index (χ2n) is 8.01. The average molecular weight is 566 g/mol. The number of fused-ring (bicyclic) bond motifs is 1. The molecular weight excluding hydrogens is 544 g/mol. The Labute approximate surface area is 202 Å². The molecule has 2 fully saturated rings. The van der Waals surface area contributed by atoms with Crippen LogP contribution in [0.3, 0.4) is 0 Å². The maximum atomic E-state index is 11.2. The first-order chi connectivity index (χ1) is 15.4. The van der Waals surface area contributed by atoms with Crippen LogP contribution in [0.25, 0.3) is 5.69 Å². The Morgan fingerprint density at radius 3 is 2.72 bits per heavy atom. The highest BCUT2D eigenvalue weighted by atomic mass is 79.9. The lowest BCUT2D eigenvalue weighted by atomic mass is 9.86. The molecule has 0 radical (unpaired) electrons. The third-order valence-corrected chi connectivity index (χ3v) is 6.87. The fraction of sp³-hybridized carbons (Fsp3) is 0.409. The van der Waals surface area contributed by atoms with Gasteiger partial charge >= 0.3 is 0 Å². The summed E-state index contributed by atoms with van der Waals surface area (Å²) in [5.74, 6) is 0.868. The van der Waals surface area contributed by atoms with Gasteiger partial charge in [0.05, 0.1) is 18.8 Å². The molecule has 2 aliphatic heterocycles. The topological polar surface area (TPSA) is 91.5 Å². The molecule has 0 saturated carbocycles. The molecule has 1 N–H and O–H groups in total. The molecule has 0 bridgehead atoms. The molecule has 5 rings (SSSR count). The molecule has 2 saturated heterocycles. The van der Waals surface area contributed by atoms with Crippen LogP contribution in [0.5, 0.6) is 0 Å². The van der Waals surface area contributed by atoms with Crippen molar-refractivity contribution in [3.8, 4) is 5.69 Å². The number of aliphatic hydroxyl groups excluding tert-OH is 1. The first kappa shape index (κ1) is 22.1. The van der Waals surface area contributed by atoms with E-state index in [9.17, 15) is 5.11 Å². The average Bonchev–Trinajstić information content (AvgIpc) is 3.19. The molecule has 168 valence electrons. The monoisotopic (exact) mass is 564 g/mol. The van der Waals surface area contributed by atoms with E-state index >= 15 is 0 Å². The lowest BCUT2D eigenvalue weighted by Crippen LogP contribution is -2.55. The molecule has 4 heterocycles. The summed E-state index contributed by atoms with van der Waals surface area (Å²) in [6, 6.07) is 11.7. The van der Waals surface area contributed by atoms with Gasteiger partial charge in [-0.25, -0.2) is 14.6 Å². The minimum Gasteiger partial charge on any atom is -0.390 e. The Hall–Kier alpha value is -1.69. The highest BCUT2D eigenvalue weighted by molar-refractivity contribution is 9.11. The maximum absolute atomic E-state index is 11.2. The molecule has 3 aromatic rings. The molecule has 8 nitrogen and oxygen atoms in total. The zero-order valence-electron chi connectivity index (χ0n) is 17.4. The third-order valence-electron chi connectivity index (χ3n) is 5.83. The zero-order valence-corrected chi connectivity index (χ0v) is 20.6. The minimum atomic E-state index is -0.841. The van der Waals surface area contributed by atoms with Gasteiger partial charge in [0, 0.05) is 22.2 Å². The van der Waals surface area contributed by atoms with Crippen LogP contribution in [0, 0.1) is 12.8 Å². The molecular formula is C22H22Br2N4O4. The van der Waals surface area contributed by atoms with Crippen LogP contribution in [-0.2, 0) is 14.2 Å². The van der Waals surface area contributed by atoms with Gasteiger partial charge in [0.25, 0.3) is 0 Å². The number of rotatable bonds is 3. The van der Waals surface area contributed by atoms with Crippen LogP contribution >= 0.6 is 31.9 Å². The maximum Gasteiger partial charge on any atom is 0.184 e. The van der Waals surface area contributed by atoms with E-state index in [-0.39, 0.29) is 18.1 Å². The van der Waals surface area contributed by atoms with Gasteiger partial charge in [-0.05, 0) is 44.8 Å². The summed E-state index contributed by atoms with van der Waals surface area (Å²) in [5.41, 5.74) is 1.64. The second kappa shape index (κ2) is 8.92. The summed E-state index contributed by atoms with van der Waals surface area (Å²) in [6.07, 6.45) is -0.979. The van der Waals surface area contributed by atoms with Gasteiger partial charge < -0.3 is 19.3 Å². The van der Waals surface area contributed by atoms with E-state index < -0.39 is 18.5 Å². The van der Waals surface area contributed by atoms with Gasteiger partial charge in [0.2, 0.25) is 0 Å². The van der Waals surface area contributed by atoms with Crippen molar-refractivity contribution in [2.45, 2.75) is 44.6 Å². The Balaban J connectivity index is 1.44. The Morgan fingerprint density at radius 1 is 1.16 bits per heavy atom. The predicted molar refractivity (Wildman–Crippen MR) is 122 cm³/mol. The van der Waals surface area contributed by atoms with E-state index in [0.29, 0.717) is 28.5 Å². The fourth-order valence-corrected chi connectivity index (χ4v) is 4.92. The summed E-state index contributed by atoms with van der Waals surface area (Å²) in [5, 5.41) is 15.8. The number of hydrogen-bond acceptors (Lipinski definition) is 7. The zero-order chi connectivity index (χ0) is 22.4. The van der Waals surface area contributed by atoms with Gasteiger partial charge in [-0.15, -0.1) is 0 Å². The first-order valence-electron chi connectivity index (χ1n) is 10.3. The number of ether oxygens (including phenoxy) is 3. The number of aromatic nitrogens is 4. The van der Waals surface area contributed by atoms with E-state index in [1.54, 1.807) is 17.8 Å². The molecule has 6 atom stereocenters. The van der Waals surface area contributed by atoms with E-state index in [0.717, 1.165) is 10.0 Å². The van der Waals surface area contributed by atoms with Crippen molar-refractivity contribution in [2.24, 2.45) is 5.92 Å². The SMILES string of the molecule is Cc1nc([C@@H]2OC3COC(c4ccccc4)O[C@@H]3C(C)C2O)n(-c2cc(Br)cnc2Br)n1. The lowest BCUT2D eigenvalue weighted by molar-refractivity contribution is -0.319. The molecule has 0 aliphatic carbocycles. The van der Waals surface area contributed by atoms with Gasteiger partial charge in [-0.3, -0.25) is 0 Å². The van der Waals surface area contributed by atoms with E-state index in [2.05, 4.69) is 46.9 Å². The number of nitrogens with zero attached hydrogens (tertiary/aromatic N) is 4. The van der Waals surface area contributed by atoms with Crippen molar-refractivity contribution in [3.05, 3.63) is 68.9 Å². The van der Waals surface area contributed by atoms with Crippen LogP contribution in [0.15, 0.2) is 51.7 Å². The van der Waals surface area contributed by atoms with Crippen LogP contribution in [0.2, 0.25) is 0 Å².